The van der Waals surface area contributed by atoms with E-state index in [1.807, 2.05) is 32.0 Å². The summed E-state index contributed by atoms with van der Waals surface area (Å²) in [5, 5.41) is 0. The van der Waals surface area contributed by atoms with Gasteiger partial charge in [-0.2, -0.15) is 0 Å². The zero-order chi connectivity index (χ0) is 15.1. The lowest BCUT2D eigenvalue weighted by molar-refractivity contribution is -0.139. The van der Waals surface area contributed by atoms with Gasteiger partial charge in [0.25, 0.3) is 0 Å². The normalized spacial score (nSPS) is 26.5. The average Bonchev–Trinajstić information content (AvgIpc) is 3.10. The quantitative estimate of drug-likeness (QED) is 0.907. The van der Waals surface area contributed by atoms with Crippen molar-refractivity contribution in [3.63, 3.8) is 0 Å². The van der Waals surface area contributed by atoms with Gasteiger partial charge < -0.3 is 9.47 Å². The highest BCUT2D eigenvalue weighted by Gasteiger charge is 2.56. The third-order valence-electron chi connectivity index (χ3n) is 4.07. The highest BCUT2D eigenvalue weighted by molar-refractivity contribution is 7.94. The number of hydrogen-bond donors (Lipinski definition) is 1. The Balaban J connectivity index is 1.70. The van der Waals surface area contributed by atoms with E-state index >= 15 is 0 Å². The molecule has 1 atom stereocenters. The molecule has 3 rings (SSSR count). The predicted octanol–water partition coefficient (Wildman–Crippen LogP) is 2.50. The molecule has 0 spiro atoms. The largest absolute Gasteiger partial charge is 0.348 e. The van der Waals surface area contributed by atoms with Crippen molar-refractivity contribution in [2.45, 2.75) is 49.7 Å². The molecule has 2 aliphatic rings. The van der Waals surface area contributed by atoms with Gasteiger partial charge in [0.2, 0.25) is 10.0 Å². The Kier molecular flexibility index (Phi) is 3.50. The second kappa shape index (κ2) is 4.97. The lowest BCUT2D eigenvalue weighted by atomic mass is 10.2. The first-order chi connectivity index (χ1) is 9.82. The lowest BCUT2D eigenvalue weighted by Crippen LogP contribution is -2.34. The SMILES string of the molecule is CC1(C)OC[C@@H](CC2(S(=O)(=O)Nc3ccccc3)CC2)O1. The number of anilines is 1. The van der Waals surface area contributed by atoms with Crippen LogP contribution in [0.15, 0.2) is 30.3 Å². The highest BCUT2D eigenvalue weighted by Crippen LogP contribution is 2.49. The van der Waals surface area contributed by atoms with Gasteiger partial charge in [-0.3, -0.25) is 4.72 Å². The molecule has 1 N–H and O–H groups in total. The van der Waals surface area contributed by atoms with Crippen molar-refractivity contribution < 1.29 is 17.9 Å². The van der Waals surface area contributed by atoms with Gasteiger partial charge in [-0.05, 0) is 45.2 Å². The molecule has 116 valence electrons. The molecule has 1 aliphatic heterocycles. The van der Waals surface area contributed by atoms with Gasteiger partial charge in [0.15, 0.2) is 5.79 Å². The smallest absolute Gasteiger partial charge is 0.238 e. The molecule has 1 aromatic rings. The zero-order valence-corrected chi connectivity index (χ0v) is 13.2. The molecule has 6 heteroatoms. The van der Waals surface area contributed by atoms with Crippen LogP contribution in [0.1, 0.15) is 33.1 Å². The van der Waals surface area contributed by atoms with E-state index in [-0.39, 0.29) is 6.10 Å². The predicted molar refractivity (Wildman–Crippen MR) is 80.5 cm³/mol. The minimum atomic E-state index is -3.41. The molecule has 1 aromatic carbocycles. The van der Waals surface area contributed by atoms with Crippen molar-refractivity contribution in [2.24, 2.45) is 0 Å². The van der Waals surface area contributed by atoms with Crippen molar-refractivity contribution in [3.05, 3.63) is 30.3 Å². The first kappa shape index (κ1) is 14.8. The summed E-state index contributed by atoms with van der Waals surface area (Å²) < 4.78 is 38.5. The zero-order valence-electron chi connectivity index (χ0n) is 12.3. The van der Waals surface area contributed by atoms with Crippen molar-refractivity contribution in [1.29, 1.82) is 0 Å². The Bertz CT molecular complexity index is 608. The summed E-state index contributed by atoms with van der Waals surface area (Å²) in [6.07, 6.45) is 1.68. The van der Waals surface area contributed by atoms with Crippen LogP contribution in [0.4, 0.5) is 5.69 Å². The van der Waals surface area contributed by atoms with Crippen LogP contribution in [0.5, 0.6) is 0 Å². The molecule has 2 fully saturated rings. The molecule has 1 saturated heterocycles. The van der Waals surface area contributed by atoms with Gasteiger partial charge in [0.1, 0.15) is 0 Å². The first-order valence-corrected chi connectivity index (χ1v) is 8.70. The summed E-state index contributed by atoms with van der Waals surface area (Å²) in [4.78, 5) is 0. The number of para-hydroxylation sites is 1. The molecule has 1 aliphatic carbocycles. The summed E-state index contributed by atoms with van der Waals surface area (Å²) in [7, 11) is -3.41. The van der Waals surface area contributed by atoms with E-state index in [1.165, 1.54) is 0 Å². The van der Waals surface area contributed by atoms with Crippen LogP contribution in [0.25, 0.3) is 0 Å². The number of benzene rings is 1. The van der Waals surface area contributed by atoms with Gasteiger partial charge in [0.05, 0.1) is 17.5 Å². The average molecular weight is 311 g/mol. The number of nitrogens with one attached hydrogen (secondary N) is 1. The van der Waals surface area contributed by atoms with E-state index in [4.69, 9.17) is 9.47 Å². The Morgan fingerprint density at radius 1 is 1.24 bits per heavy atom. The summed E-state index contributed by atoms with van der Waals surface area (Å²) in [6, 6.07) is 9.00. The van der Waals surface area contributed by atoms with E-state index in [1.54, 1.807) is 12.1 Å². The number of rotatable bonds is 5. The fourth-order valence-corrected chi connectivity index (χ4v) is 4.48. The number of ether oxygens (including phenoxy) is 2. The molecular formula is C15H21NO4S. The Morgan fingerprint density at radius 3 is 2.43 bits per heavy atom. The van der Waals surface area contributed by atoms with Crippen LogP contribution in [-0.2, 0) is 19.5 Å². The van der Waals surface area contributed by atoms with Crippen molar-refractivity contribution in [3.8, 4) is 0 Å². The summed E-state index contributed by atoms with van der Waals surface area (Å²) >= 11 is 0. The fourth-order valence-electron chi connectivity index (χ4n) is 2.77. The van der Waals surface area contributed by atoms with Crippen LogP contribution in [0, 0.1) is 0 Å². The minimum absolute atomic E-state index is 0.158. The maximum Gasteiger partial charge on any atom is 0.238 e. The topological polar surface area (TPSA) is 64.6 Å². The second-order valence-electron chi connectivity index (χ2n) is 6.31. The van der Waals surface area contributed by atoms with Crippen LogP contribution in [-0.4, -0.2) is 31.7 Å². The van der Waals surface area contributed by atoms with Gasteiger partial charge >= 0.3 is 0 Å². The Labute approximate surface area is 125 Å². The van der Waals surface area contributed by atoms with E-state index in [9.17, 15) is 8.42 Å². The molecule has 0 unspecified atom stereocenters. The fraction of sp³-hybridized carbons (Fsp3) is 0.600. The van der Waals surface area contributed by atoms with E-state index < -0.39 is 20.6 Å². The summed E-state index contributed by atoms with van der Waals surface area (Å²) in [5.74, 6) is -0.614. The molecule has 0 radical (unpaired) electrons. The Morgan fingerprint density at radius 2 is 1.90 bits per heavy atom. The molecule has 21 heavy (non-hydrogen) atoms. The van der Waals surface area contributed by atoms with Crippen molar-refractivity contribution in [2.75, 3.05) is 11.3 Å². The lowest BCUT2D eigenvalue weighted by Gasteiger charge is -2.22. The third kappa shape index (κ3) is 3.07. The monoisotopic (exact) mass is 311 g/mol. The van der Waals surface area contributed by atoms with Crippen LogP contribution in [0.3, 0.4) is 0 Å². The minimum Gasteiger partial charge on any atom is -0.348 e. The van der Waals surface area contributed by atoms with E-state index in [0.717, 1.165) is 0 Å². The Hall–Kier alpha value is -1.11. The molecule has 1 saturated carbocycles. The first-order valence-electron chi connectivity index (χ1n) is 7.21. The van der Waals surface area contributed by atoms with Gasteiger partial charge in [-0.1, -0.05) is 18.2 Å². The van der Waals surface area contributed by atoms with Gasteiger partial charge in [0, 0.05) is 5.69 Å². The summed E-state index contributed by atoms with van der Waals surface area (Å²) in [5.41, 5.74) is 0.604. The molecule has 0 bridgehead atoms. The molecule has 0 aromatic heterocycles. The van der Waals surface area contributed by atoms with E-state index in [2.05, 4.69) is 4.72 Å². The number of hydrogen-bond acceptors (Lipinski definition) is 4. The van der Waals surface area contributed by atoms with Crippen LogP contribution < -0.4 is 4.72 Å². The van der Waals surface area contributed by atoms with Crippen LogP contribution in [0.2, 0.25) is 0 Å². The molecule has 0 amide bonds. The molecule has 1 heterocycles. The standard InChI is InChI=1S/C15H21NO4S/c1-14(2)19-11-13(20-14)10-15(8-9-15)21(17,18)16-12-6-4-3-5-7-12/h3-7,13,16H,8-11H2,1-2H3/t13-/m1/s1. The maximum absolute atomic E-state index is 12.6. The van der Waals surface area contributed by atoms with Crippen LogP contribution >= 0.6 is 0 Å². The van der Waals surface area contributed by atoms with Gasteiger partial charge in [-0.25, -0.2) is 8.42 Å². The highest BCUT2D eigenvalue weighted by atomic mass is 32.2. The van der Waals surface area contributed by atoms with Crippen molar-refractivity contribution >= 4 is 15.7 Å². The molecule has 5 nitrogen and oxygen atoms in total. The summed E-state index contributed by atoms with van der Waals surface area (Å²) in [6.45, 7) is 4.15. The number of sulfonamides is 1. The van der Waals surface area contributed by atoms with Crippen molar-refractivity contribution in [1.82, 2.24) is 0 Å². The molecular weight excluding hydrogens is 290 g/mol. The second-order valence-corrected chi connectivity index (χ2v) is 8.39. The maximum atomic E-state index is 12.6. The third-order valence-corrected chi connectivity index (χ3v) is 6.29. The van der Waals surface area contributed by atoms with Gasteiger partial charge in [-0.15, -0.1) is 0 Å². The van der Waals surface area contributed by atoms with E-state index in [0.29, 0.717) is 31.6 Å².